The average molecular weight is 326 g/mol. The van der Waals surface area contributed by atoms with E-state index in [1.165, 1.54) is 11.1 Å². The van der Waals surface area contributed by atoms with E-state index in [1.807, 2.05) is 25.1 Å². The maximum Gasteiger partial charge on any atom is 0.114 e. The van der Waals surface area contributed by atoms with Crippen LogP contribution >= 0.6 is 0 Å². The highest BCUT2D eigenvalue weighted by atomic mass is 16.3. The van der Waals surface area contributed by atoms with Crippen molar-refractivity contribution < 1.29 is 5.11 Å². The zero-order valence-corrected chi connectivity index (χ0v) is 14.9. The molecule has 0 spiro atoms. The highest BCUT2D eigenvalue weighted by molar-refractivity contribution is 6.06. The highest BCUT2D eigenvalue weighted by Crippen LogP contribution is 2.51. The average Bonchev–Trinajstić information content (AvgIpc) is 2.85. The summed E-state index contributed by atoms with van der Waals surface area (Å²) in [6, 6.07) is 25.2. The number of benzene rings is 3. The first-order valence-corrected chi connectivity index (χ1v) is 8.69. The molecule has 1 unspecified atom stereocenters. The van der Waals surface area contributed by atoms with Crippen LogP contribution in [0.15, 0.2) is 72.8 Å². The summed E-state index contributed by atoms with van der Waals surface area (Å²) in [7, 11) is 0. The minimum atomic E-state index is -1.01. The molecule has 0 saturated heterocycles. The Morgan fingerprint density at radius 3 is 1.80 bits per heavy atom. The molecule has 0 aliphatic heterocycles. The predicted molar refractivity (Wildman–Crippen MR) is 104 cm³/mol. The summed E-state index contributed by atoms with van der Waals surface area (Å²) >= 11 is 0. The van der Waals surface area contributed by atoms with Crippen LogP contribution in [0.1, 0.15) is 40.3 Å². The number of hydrogen-bond acceptors (Lipinski definition) is 1. The molecule has 0 aromatic heterocycles. The minimum absolute atomic E-state index is 0.973. The van der Waals surface area contributed by atoms with Crippen molar-refractivity contribution in [3.05, 3.63) is 106 Å². The summed E-state index contributed by atoms with van der Waals surface area (Å²) in [6.45, 7) is 6.08. The molecule has 0 saturated carbocycles. The van der Waals surface area contributed by atoms with Gasteiger partial charge in [-0.25, -0.2) is 0 Å². The molecule has 25 heavy (non-hydrogen) atoms. The van der Waals surface area contributed by atoms with Crippen LogP contribution < -0.4 is 0 Å². The van der Waals surface area contributed by atoms with Gasteiger partial charge < -0.3 is 5.11 Å². The maximum absolute atomic E-state index is 11.5. The van der Waals surface area contributed by atoms with Crippen LogP contribution in [0.2, 0.25) is 0 Å². The first kappa shape index (κ1) is 15.9. The fourth-order valence-corrected chi connectivity index (χ4v) is 3.80. The third-order valence-corrected chi connectivity index (χ3v) is 5.14. The Labute approximate surface area is 149 Å². The van der Waals surface area contributed by atoms with E-state index in [0.717, 1.165) is 33.4 Å². The summed E-state index contributed by atoms with van der Waals surface area (Å²) in [4.78, 5) is 0. The van der Waals surface area contributed by atoms with E-state index in [1.54, 1.807) is 0 Å². The number of rotatable bonds is 2. The fraction of sp³-hybridized carbons (Fsp3) is 0.167. The lowest BCUT2D eigenvalue weighted by atomic mass is 9.86. The Morgan fingerprint density at radius 1 is 0.680 bits per heavy atom. The molecule has 124 valence electrons. The zero-order chi connectivity index (χ0) is 17.6. The highest BCUT2D eigenvalue weighted by Gasteiger charge is 2.40. The molecule has 1 heteroatoms. The van der Waals surface area contributed by atoms with Crippen molar-refractivity contribution in [2.24, 2.45) is 0 Å². The van der Waals surface area contributed by atoms with Gasteiger partial charge in [-0.2, -0.15) is 0 Å². The van der Waals surface area contributed by atoms with Gasteiger partial charge in [-0.05, 0) is 48.6 Å². The van der Waals surface area contributed by atoms with Gasteiger partial charge in [-0.15, -0.1) is 0 Å². The van der Waals surface area contributed by atoms with E-state index < -0.39 is 5.60 Å². The van der Waals surface area contributed by atoms with Gasteiger partial charge in [-0.3, -0.25) is 0 Å². The Morgan fingerprint density at radius 2 is 1.20 bits per heavy atom. The third-order valence-electron chi connectivity index (χ3n) is 5.14. The van der Waals surface area contributed by atoms with Crippen molar-refractivity contribution in [1.29, 1.82) is 0 Å². The van der Waals surface area contributed by atoms with Crippen molar-refractivity contribution in [3.63, 3.8) is 0 Å². The monoisotopic (exact) mass is 326 g/mol. The molecule has 0 fully saturated rings. The molecule has 0 heterocycles. The second-order valence-corrected chi connectivity index (χ2v) is 7.10. The molecule has 3 aromatic rings. The second kappa shape index (κ2) is 5.72. The lowest BCUT2D eigenvalue weighted by molar-refractivity contribution is 0.125. The lowest BCUT2D eigenvalue weighted by Gasteiger charge is -2.24. The van der Waals surface area contributed by atoms with Crippen molar-refractivity contribution >= 4 is 11.1 Å². The van der Waals surface area contributed by atoms with Gasteiger partial charge in [0.25, 0.3) is 0 Å². The third kappa shape index (κ3) is 2.52. The minimum Gasteiger partial charge on any atom is -0.381 e. The number of hydrogen-bond donors (Lipinski definition) is 1. The van der Waals surface area contributed by atoms with Gasteiger partial charge in [0, 0.05) is 5.57 Å². The molecule has 3 aromatic carbocycles. The summed E-state index contributed by atoms with van der Waals surface area (Å²) in [5, 5.41) is 11.5. The van der Waals surface area contributed by atoms with E-state index in [4.69, 9.17) is 0 Å². The standard InChI is InChI=1S/C24H22O/c1-16-8-12-18(13-9-16)22-20-6-4-5-7-21(20)24(3,25)23(22)19-14-10-17(2)11-15-19/h4-15,25H,1-3H3. The van der Waals surface area contributed by atoms with Gasteiger partial charge in [0.2, 0.25) is 0 Å². The van der Waals surface area contributed by atoms with Crippen LogP contribution in [0.25, 0.3) is 11.1 Å². The first-order chi connectivity index (χ1) is 12.0. The van der Waals surface area contributed by atoms with Gasteiger partial charge in [0.1, 0.15) is 5.60 Å². The normalized spacial score (nSPS) is 19.2. The van der Waals surface area contributed by atoms with Crippen LogP contribution in [-0.4, -0.2) is 5.11 Å². The SMILES string of the molecule is Cc1ccc(C2=C(c3ccc(C)cc3)C(C)(O)c3ccccc32)cc1. The zero-order valence-electron chi connectivity index (χ0n) is 14.9. The number of fused-ring (bicyclic) bond motifs is 1. The predicted octanol–water partition coefficient (Wildman–Crippen LogP) is 5.48. The van der Waals surface area contributed by atoms with Gasteiger partial charge in [0.15, 0.2) is 0 Å². The van der Waals surface area contributed by atoms with E-state index in [-0.39, 0.29) is 0 Å². The van der Waals surface area contributed by atoms with E-state index in [2.05, 4.69) is 68.4 Å². The Balaban J connectivity index is 2.04. The van der Waals surface area contributed by atoms with Crippen molar-refractivity contribution in [2.45, 2.75) is 26.4 Å². The Hall–Kier alpha value is -2.64. The smallest absolute Gasteiger partial charge is 0.114 e. The summed E-state index contributed by atoms with van der Waals surface area (Å²) in [5.74, 6) is 0. The second-order valence-electron chi connectivity index (χ2n) is 7.10. The number of aliphatic hydroxyl groups is 1. The van der Waals surface area contributed by atoms with E-state index in [9.17, 15) is 5.11 Å². The van der Waals surface area contributed by atoms with Crippen LogP contribution in [0.4, 0.5) is 0 Å². The topological polar surface area (TPSA) is 20.2 Å². The molecule has 1 aliphatic carbocycles. The summed E-state index contributed by atoms with van der Waals surface area (Å²) in [5.41, 5.74) is 7.87. The number of aryl methyl sites for hydroxylation is 2. The molecule has 1 nitrogen and oxygen atoms in total. The molecular weight excluding hydrogens is 304 g/mol. The van der Waals surface area contributed by atoms with Gasteiger partial charge in [-0.1, -0.05) is 83.9 Å². The van der Waals surface area contributed by atoms with Gasteiger partial charge in [0.05, 0.1) is 0 Å². The molecule has 1 aliphatic rings. The summed E-state index contributed by atoms with van der Waals surface area (Å²) < 4.78 is 0. The lowest BCUT2D eigenvalue weighted by Crippen LogP contribution is -2.20. The largest absolute Gasteiger partial charge is 0.381 e. The molecule has 1 N–H and O–H groups in total. The van der Waals surface area contributed by atoms with E-state index >= 15 is 0 Å². The first-order valence-electron chi connectivity index (χ1n) is 8.69. The van der Waals surface area contributed by atoms with Gasteiger partial charge >= 0.3 is 0 Å². The molecule has 0 amide bonds. The van der Waals surface area contributed by atoms with Crippen LogP contribution in [0, 0.1) is 13.8 Å². The molecule has 1 atom stereocenters. The van der Waals surface area contributed by atoms with Crippen molar-refractivity contribution in [1.82, 2.24) is 0 Å². The Bertz CT molecular complexity index is 958. The molecule has 4 rings (SSSR count). The molecule has 0 radical (unpaired) electrons. The van der Waals surface area contributed by atoms with E-state index in [0.29, 0.717) is 0 Å². The Kier molecular flexibility index (Phi) is 3.63. The van der Waals surface area contributed by atoms with Crippen LogP contribution in [0.3, 0.4) is 0 Å². The van der Waals surface area contributed by atoms with Crippen molar-refractivity contribution in [2.75, 3.05) is 0 Å². The molecular formula is C24H22O. The quantitative estimate of drug-likeness (QED) is 0.661. The maximum atomic E-state index is 11.5. The van der Waals surface area contributed by atoms with Crippen LogP contribution in [-0.2, 0) is 5.60 Å². The fourth-order valence-electron chi connectivity index (χ4n) is 3.80. The molecule has 0 bridgehead atoms. The summed E-state index contributed by atoms with van der Waals surface area (Å²) in [6.07, 6.45) is 0. The van der Waals surface area contributed by atoms with Crippen LogP contribution in [0.5, 0.6) is 0 Å². The van der Waals surface area contributed by atoms with Crippen molar-refractivity contribution in [3.8, 4) is 0 Å².